The fraction of sp³-hybridized carbons (Fsp3) is 0.294. The van der Waals surface area contributed by atoms with E-state index in [4.69, 9.17) is 9.15 Å². The Morgan fingerprint density at radius 1 is 1.25 bits per heavy atom. The Labute approximate surface area is 164 Å². The summed E-state index contributed by atoms with van der Waals surface area (Å²) in [5, 5.41) is 13.1. The van der Waals surface area contributed by atoms with E-state index >= 15 is 0 Å². The van der Waals surface area contributed by atoms with Gasteiger partial charge in [0.05, 0.1) is 0 Å². The SMILES string of the molecule is O=C(c1ccc(COc2ccc(Br)cc2)o1)N1N=C(C(F)F)C[C@@]1(O)C(F)F. The maximum Gasteiger partial charge on any atom is 0.312 e. The molecule has 0 spiro atoms. The highest BCUT2D eigenvalue weighted by Crippen LogP contribution is 2.34. The zero-order valence-corrected chi connectivity index (χ0v) is 15.6. The molecule has 1 aliphatic heterocycles. The fourth-order valence-corrected chi connectivity index (χ4v) is 2.73. The van der Waals surface area contributed by atoms with Gasteiger partial charge in [-0.3, -0.25) is 4.79 Å². The van der Waals surface area contributed by atoms with Crippen LogP contribution < -0.4 is 4.74 Å². The molecule has 0 fully saturated rings. The van der Waals surface area contributed by atoms with E-state index in [0.717, 1.165) is 10.5 Å². The third-order valence-electron chi connectivity index (χ3n) is 3.90. The Morgan fingerprint density at radius 2 is 1.93 bits per heavy atom. The number of furan rings is 1. The lowest BCUT2D eigenvalue weighted by Gasteiger charge is -2.29. The van der Waals surface area contributed by atoms with Crippen LogP contribution in [-0.2, 0) is 6.61 Å². The van der Waals surface area contributed by atoms with Crippen molar-refractivity contribution in [3.8, 4) is 5.75 Å². The molecule has 2 heterocycles. The van der Waals surface area contributed by atoms with Crippen molar-refractivity contribution in [1.29, 1.82) is 0 Å². The van der Waals surface area contributed by atoms with Crippen LogP contribution in [0.15, 0.2) is 50.4 Å². The molecule has 1 aliphatic rings. The van der Waals surface area contributed by atoms with Crippen LogP contribution in [0.3, 0.4) is 0 Å². The van der Waals surface area contributed by atoms with E-state index in [1.807, 2.05) is 0 Å². The van der Waals surface area contributed by atoms with Crippen LogP contribution in [0.25, 0.3) is 0 Å². The van der Waals surface area contributed by atoms with E-state index in [0.29, 0.717) is 5.75 Å². The molecule has 1 amide bonds. The molecule has 1 aromatic heterocycles. The van der Waals surface area contributed by atoms with E-state index < -0.39 is 42.4 Å². The highest BCUT2D eigenvalue weighted by Gasteiger charge is 2.53. The number of carbonyl (C=O) groups excluding carboxylic acids is 1. The van der Waals surface area contributed by atoms with E-state index in [-0.39, 0.29) is 17.4 Å². The van der Waals surface area contributed by atoms with Crippen LogP contribution in [0.5, 0.6) is 5.75 Å². The first-order valence-corrected chi connectivity index (χ1v) is 8.67. The molecule has 28 heavy (non-hydrogen) atoms. The number of rotatable bonds is 6. The minimum atomic E-state index is -3.51. The predicted molar refractivity (Wildman–Crippen MR) is 92.4 cm³/mol. The normalized spacial score (nSPS) is 19.4. The molecule has 0 aliphatic carbocycles. The number of nitrogens with zero attached hydrogens (tertiary/aromatic N) is 2. The molecule has 0 radical (unpaired) electrons. The van der Waals surface area contributed by atoms with Crippen LogP contribution in [0.1, 0.15) is 22.7 Å². The van der Waals surface area contributed by atoms with Gasteiger partial charge in [0, 0.05) is 10.9 Å². The molecule has 0 saturated heterocycles. The zero-order valence-electron chi connectivity index (χ0n) is 14.0. The summed E-state index contributed by atoms with van der Waals surface area (Å²) in [6.07, 6.45) is -7.85. The Morgan fingerprint density at radius 3 is 2.54 bits per heavy atom. The monoisotopic (exact) mass is 464 g/mol. The summed E-state index contributed by atoms with van der Waals surface area (Å²) in [6.45, 7) is -0.0699. The van der Waals surface area contributed by atoms with Gasteiger partial charge in [0.15, 0.2) is 5.76 Å². The topological polar surface area (TPSA) is 75.3 Å². The van der Waals surface area contributed by atoms with Gasteiger partial charge in [0.2, 0.25) is 5.72 Å². The van der Waals surface area contributed by atoms with Crippen LogP contribution in [-0.4, -0.2) is 40.3 Å². The van der Waals surface area contributed by atoms with Crippen molar-refractivity contribution in [2.75, 3.05) is 0 Å². The van der Waals surface area contributed by atoms with Crippen LogP contribution >= 0.6 is 15.9 Å². The standard InChI is InChI=1S/C17H13BrF4N2O4/c18-9-1-3-10(4-2-9)27-8-11-5-6-13(28-11)15(25)24-17(26,16(21)22)7-12(23-24)14(19)20/h1-6,14,16,26H,7-8H2/t17-/m1/s1. The second kappa shape index (κ2) is 7.92. The van der Waals surface area contributed by atoms with Gasteiger partial charge in [0.25, 0.3) is 12.9 Å². The lowest BCUT2D eigenvalue weighted by molar-refractivity contribution is -0.164. The Hall–Kier alpha value is -2.40. The number of aliphatic hydroxyl groups is 1. The van der Waals surface area contributed by atoms with Crippen molar-refractivity contribution in [2.45, 2.75) is 31.6 Å². The number of halogens is 5. The van der Waals surface area contributed by atoms with Gasteiger partial charge < -0.3 is 14.3 Å². The average Bonchev–Trinajstić information content (AvgIpc) is 3.26. The Balaban J connectivity index is 1.74. The first kappa shape index (κ1) is 20.3. The molecular formula is C17H13BrF4N2O4. The summed E-state index contributed by atoms with van der Waals surface area (Å²) in [6, 6.07) is 9.40. The van der Waals surface area contributed by atoms with E-state index in [1.165, 1.54) is 6.07 Å². The lowest BCUT2D eigenvalue weighted by atomic mass is 10.1. The summed E-state index contributed by atoms with van der Waals surface area (Å²) in [7, 11) is 0. The second-order valence-corrected chi connectivity index (χ2v) is 6.79. The van der Waals surface area contributed by atoms with Crippen LogP contribution in [0.4, 0.5) is 17.6 Å². The second-order valence-electron chi connectivity index (χ2n) is 5.87. The Bertz CT molecular complexity index is 888. The van der Waals surface area contributed by atoms with Gasteiger partial charge in [-0.15, -0.1) is 0 Å². The van der Waals surface area contributed by atoms with Crippen molar-refractivity contribution in [1.82, 2.24) is 5.01 Å². The molecule has 11 heteroatoms. The van der Waals surface area contributed by atoms with Crippen molar-refractivity contribution in [3.05, 3.63) is 52.4 Å². The molecule has 0 bridgehead atoms. The number of amides is 1. The van der Waals surface area contributed by atoms with Crippen molar-refractivity contribution < 1.29 is 36.6 Å². The first-order valence-electron chi connectivity index (χ1n) is 7.88. The van der Waals surface area contributed by atoms with Gasteiger partial charge in [0.1, 0.15) is 23.8 Å². The first-order chi connectivity index (χ1) is 13.2. The van der Waals surface area contributed by atoms with E-state index in [9.17, 15) is 27.5 Å². The van der Waals surface area contributed by atoms with Gasteiger partial charge in [-0.2, -0.15) is 10.1 Å². The summed E-state index contributed by atoms with van der Waals surface area (Å²) < 4.78 is 63.6. The molecule has 3 rings (SSSR count). The molecule has 6 nitrogen and oxygen atoms in total. The zero-order chi connectivity index (χ0) is 20.5. The number of benzene rings is 1. The quantitative estimate of drug-likeness (QED) is 0.654. The van der Waals surface area contributed by atoms with Crippen molar-refractivity contribution >= 4 is 27.5 Å². The number of hydrogen-bond acceptors (Lipinski definition) is 5. The maximum atomic E-state index is 13.2. The number of alkyl halides is 4. The smallest absolute Gasteiger partial charge is 0.312 e. The van der Waals surface area contributed by atoms with Gasteiger partial charge in [-0.25, -0.2) is 17.6 Å². The summed E-state index contributed by atoms with van der Waals surface area (Å²) >= 11 is 3.28. The number of ether oxygens (including phenoxy) is 1. The number of hydrazone groups is 1. The molecule has 0 saturated carbocycles. The van der Waals surface area contributed by atoms with Crippen molar-refractivity contribution in [2.24, 2.45) is 5.10 Å². The Kier molecular flexibility index (Phi) is 5.75. The number of hydrogen-bond donors (Lipinski definition) is 1. The summed E-state index contributed by atoms with van der Waals surface area (Å²) in [4.78, 5) is 12.4. The van der Waals surface area contributed by atoms with Crippen LogP contribution in [0.2, 0.25) is 0 Å². The molecule has 2 aromatic rings. The lowest BCUT2D eigenvalue weighted by Crippen LogP contribution is -2.51. The van der Waals surface area contributed by atoms with Gasteiger partial charge >= 0.3 is 5.91 Å². The molecule has 1 aromatic carbocycles. The van der Waals surface area contributed by atoms with Crippen LogP contribution in [0, 0.1) is 0 Å². The predicted octanol–water partition coefficient (Wildman–Crippen LogP) is 4.04. The average molecular weight is 465 g/mol. The summed E-state index contributed by atoms with van der Waals surface area (Å²) in [5.74, 6) is -1.02. The summed E-state index contributed by atoms with van der Waals surface area (Å²) in [5.41, 5.74) is -4.18. The third-order valence-corrected chi connectivity index (χ3v) is 4.43. The maximum absolute atomic E-state index is 13.2. The van der Waals surface area contributed by atoms with E-state index in [2.05, 4.69) is 21.0 Å². The minimum absolute atomic E-state index is 0.0582. The minimum Gasteiger partial charge on any atom is -0.486 e. The highest BCUT2D eigenvalue weighted by molar-refractivity contribution is 9.10. The molecule has 1 N–H and O–H groups in total. The molecule has 150 valence electrons. The van der Waals surface area contributed by atoms with E-state index in [1.54, 1.807) is 24.3 Å². The molecule has 0 unspecified atom stereocenters. The highest BCUT2D eigenvalue weighted by atomic mass is 79.9. The number of carbonyl (C=O) groups is 1. The van der Waals surface area contributed by atoms with Gasteiger partial charge in [-0.1, -0.05) is 15.9 Å². The van der Waals surface area contributed by atoms with Crippen molar-refractivity contribution in [3.63, 3.8) is 0 Å². The molecular weight excluding hydrogens is 452 g/mol. The fourth-order valence-electron chi connectivity index (χ4n) is 2.46. The van der Waals surface area contributed by atoms with Gasteiger partial charge in [-0.05, 0) is 36.4 Å². The molecule has 1 atom stereocenters. The third kappa shape index (κ3) is 4.04. The largest absolute Gasteiger partial charge is 0.486 e.